The highest BCUT2D eigenvalue weighted by Crippen LogP contribution is 2.69. The van der Waals surface area contributed by atoms with Gasteiger partial charge in [0.05, 0.1) is 17.1 Å². The number of benzene rings is 1. The van der Waals surface area contributed by atoms with Gasteiger partial charge in [-0.2, -0.15) is 0 Å². The molecule has 28 heavy (non-hydrogen) atoms. The fraction of sp³-hybridized carbons (Fsp3) is 0.478. The summed E-state index contributed by atoms with van der Waals surface area (Å²) >= 11 is 0. The van der Waals surface area contributed by atoms with Crippen molar-refractivity contribution in [3.63, 3.8) is 0 Å². The molecular weight excluding hydrogens is 350 g/mol. The molecule has 1 unspecified atom stereocenters. The summed E-state index contributed by atoms with van der Waals surface area (Å²) in [6, 6.07) is 9.14. The Morgan fingerprint density at radius 3 is 2.75 bits per heavy atom. The van der Waals surface area contributed by atoms with Gasteiger partial charge in [-0.05, 0) is 37.8 Å². The van der Waals surface area contributed by atoms with Crippen molar-refractivity contribution in [2.24, 2.45) is 5.41 Å². The number of para-hydroxylation sites is 2. The molecule has 2 fully saturated rings. The van der Waals surface area contributed by atoms with Crippen LogP contribution < -0.4 is 11.1 Å². The average Bonchev–Trinajstić information content (AvgIpc) is 2.62. The molecular formula is C23H25N3O2. The summed E-state index contributed by atoms with van der Waals surface area (Å²) in [6.07, 6.45) is 16.7. The number of nitrogens with one attached hydrogen (secondary N) is 1. The quantitative estimate of drug-likeness (QED) is 0.648. The molecule has 1 aromatic heterocycles. The number of rotatable bonds is 2. The van der Waals surface area contributed by atoms with Crippen molar-refractivity contribution < 1.29 is 0 Å². The van der Waals surface area contributed by atoms with E-state index < -0.39 is 11.1 Å². The smallest absolute Gasteiger partial charge is 0.316 e. The molecule has 0 radical (unpaired) electrons. The largest absolute Gasteiger partial charge is 0.317 e. The lowest BCUT2D eigenvalue weighted by atomic mass is 9.43. The summed E-state index contributed by atoms with van der Waals surface area (Å²) in [5, 5.41) is 0. The highest BCUT2D eigenvalue weighted by Gasteiger charge is 2.74. The Balaban J connectivity index is 1.38. The van der Waals surface area contributed by atoms with Crippen LogP contribution in [0.4, 0.5) is 0 Å². The molecule has 1 aliphatic heterocycles. The second-order valence-corrected chi connectivity index (χ2v) is 8.80. The van der Waals surface area contributed by atoms with Crippen LogP contribution in [0, 0.1) is 5.41 Å². The van der Waals surface area contributed by atoms with Gasteiger partial charge in [-0.25, -0.2) is 0 Å². The molecule has 5 atom stereocenters. The Morgan fingerprint density at radius 2 is 1.93 bits per heavy atom. The molecule has 2 heterocycles. The van der Waals surface area contributed by atoms with Crippen molar-refractivity contribution in [3.8, 4) is 0 Å². The highest BCUT2D eigenvalue weighted by molar-refractivity contribution is 5.74. The first kappa shape index (κ1) is 16.5. The summed E-state index contributed by atoms with van der Waals surface area (Å²) in [5.41, 5.74) is 0.688. The summed E-state index contributed by atoms with van der Waals surface area (Å²) in [5.74, 6) is 0. The topological polar surface area (TPSA) is 58.1 Å². The number of likely N-dealkylation sites (tertiary alicyclic amines) is 1. The van der Waals surface area contributed by atoms with Crippen LogP contribution in [0.5, 0.6) is 0 Å². The van der Waals surface area contributed by atoms with Crippen LogP contribution in [0.3, 0.4) is 0 Å². The number of fused-ring (bicyclic) bond motifs is 1. The minimum Gasteiger partial charge on any atom is -0.316 e. The van der Waals surface area contributed by atoms with Gasteiger partial charge in [0.25, 0.3) is 0 Å². The fourth-order valence-corrected chi connectivity index (χ4v) is 6.20. The van der Waals surface area contributed by atoms with Gasteiger partial charge in [0.2, 0.25) is 0 Å². The lowest BCUT2D eigenvalue weighted by molar-refractivity contribution is -0.221. The van der Waals surface area contributed by atoms with E-state index in [9.17, 15) is 9.59 Å². The van der Waals surface area contributed by atoms with Crippen LogP contribution in [-0.4, -0.2) is 32.6 Å². The van der Waals surface area contributed by atoms with E-state index in [0.717, 1.165) is 17.5 Å². The number of allylic oxidation sites excluding steroid dienone is 1. The van der Waals surface area contributed by atoms with E-state index in [1.54, 1.807) is 4.57 Å². The van der Waals surface area contributed by atoms with Gasteiger partial charge < -0.3 is 4.98 Å². The number of hydrogen-bond acceptors (Lipinski definition) is 3. The maximum atomic E-state index is 12.8. The molecule has 0 bridgehead atoms. The minimum atomic E-state index is -0.516. The van der Waals surface area contributed by atoms with Gasteiger partial charge in [0.15, 0.2) is 0 Å². The van der Waals surface area contributed by atoms with Gasteiger partial charge >= 0.3 is 11.1 Å². The number of aromatic nitrogens is 2. The molecule has 2 aromatic rings. The monoisotopic (exact) mass is 375 g/mol. The van der Waals surface area contributed by atoms with Gasteiger partial charge in [0.1, 0.15) is 0 Å². The average molecular weight is 375 g/mol. The first-order valence-corrected chi connectivity index (χ1v) is 10.6. The molecule has 1 N–H and O–H groups in total. The van der Waals surface area contributed by atoms with Crippen LogP contribution in [0.2, 0.25) is 0 Å². The Labute approximate surface area is 163 Å². The van der Waals surface area contributed by atoms with Crippen molar-refractivity contribution in [3.05, 3.63) is 69.3 Å². The van der Waals surface area contributed by atoms with Crippen LogP contribution in [-0.2, 0) is 0 Å². The number of H-pyrrole nitrogens is 1. The lowest BCUT2D eigenvalue weighted by Crippen LogP contribution is -2.84. The zero-order chi connectivity index (χ0) is 18.9. The predicted octanol–water partition coefficient (Wildman–Crippen LogP) is 3.13. The number of piperidine rings is 1. The Bertz CT molecular complexity index is 1130. The van der Waals surface area contributed by atoms with E-state index in [4.69, 9.17) is 0 Å². The normalized spacial score (nSPS) is 36.4. The predicted molar refractivity (Wildman–Crippen MR) is 109 cm³/mol. The maximum absolute atomic E-state index is 12.8. The van der Waals surface area contributed by atoms with Gasteiger partial charge in [0, 0.05) is 23.5 Å². The number of hydrogen-bond donors (Lipinski definition) is 1. The molecule has 1 saturated carbocycles. The van der Waals surface area contributed by atoms with E-state index in [-0.39, 0.29) is 11.5 Å². The van der Waals surface area contributed by atoms with E-state index in [2.05, 4.69) is 34.2 Å². The molecule has 1 spiro atoms. The highest BCUT2D eigenvalue weighted by atomic mass is 16.2. The van der Waals surface area contributed by atoms with Crippen molar-refractivity contribution in [1.29, 1.82) is 0 Å². The van der Waals surface area contributed by atoms with Crippen molar-refractivity contribution >= 4 is 11.0 Å². The fourth-order valence-electron chi connectivity index (χ4n) is 6.20. The standard InChI is InChI=1S/C23H25N3O2/c27-21-22(28)26(17-11-7-6-10-16(17)24-21)20-14-19-23(20)13-12-18(23)25(19)15-8-4-2-1-3-5-9-15/h4,6-8,10-13,15,18-20H,1-3,5,9,14H2,(H,24,27)/t15?,18-,19-,20+,23+/m1/s1. The molecule has 4 aliphatic rings. The summed E-state index contributed by atoms with van der Waals surface area (Å²) in [4.78, 5) is 30.5. The molecule has 0 amide bonds. The third kappa shape index (κ3) is 1.95. The van der Waals surface area contributed by atoms with Crippen molar-refractivity contribution in [1.82, 2.24) is 14.5 Å². The third-order valence-electron chi connectivity index (χ3n) is 7.61. The molecule has 1 saturated heterocycles. The second-order valence-electron chi connectivity index (χ2n) is 8.80. The molecule has 3 aliphatic carbocycles. The van der Waals surface area contributed by atoms with E-state index in [1.807, 2.05) is 24.3 Å². The summed E-state index contributed by atoms with van der Waals surface area (Å²) in [7, 11) is 0. The van der Waals surface area contributed by atoms with E-state index >= 15 is 0 Å². The molecule has 144 valence electrons. The zero-order valence-corrected chi connectivity index (χ0v) is 15.9. The Hall–Kier alpha value is -2.40. The Kier molecular flexibility index (Phi) is 3.43. The first-order chi connectivity index (χ1) is 13.7. The summed E-state index contributed by atoms with van der Waals surface area (Å²) < 4.78 is 1.78. The van der Waals surface area contributed by atoms with Gasteiger partial charge in [-0.3, -0.25) is 19.1 Å². The second kappa shape index (κ2) is 5.80. The van der Waals surface area contributed by atoms with Crippen LogP contribution >= 0.6 is 0 Å². The van der Waals surface area contributed by atoms with E-state index in [1.165, 1.54) is 32.1 Å². The summed E-state index contributed by atoms with van der Waals surface area (Å²) in [6.45, 7) is 0. The van der Waals surface area contributed by atoms with Crippen LogP contribution in [0.25, 0.3) is 11.0 Å². The maximum Gasteiger partial charge on any atom is 0.317 e. The zero-order valence-electron chi connectivity index (χ0n) is 15.9. The van der Waals surface area contributed by atoms with Crippen LogP contribution in [0.1, 0.15) is 44.6 Å². The molecule has 5 heteroatoms. The first-order valence-electron chi connectivity index (χ1n) is 10.6. The molecule has 1 aromatic carbocycles. The van der Waals surface area contributed by atoms with Crippen molar-refractivity contribution in [2.75, 3.05) is 0 Å². The minimum absolute atomic E-state index is 0.0383. The van der Waals surface area contributed by atoms with E-state index in [0.29, 0.717) is 18.1 Å². The van der Waals surface area contributed by atoms with Crippen molar-refractivity contribution in [2.45, 2.75) is 62.7 Å². The molecule has 5 nitrogen and oxygen atoms in total. The number of nitrogens with zero attached hydrogens (tertiary/aromatic N) is 2. The van der Waals surface area contributed by atoms with Crippen LogP contribution in [0.15, 0.2) is 58.2 Å². The van der Waals surface area contributed by atoms with Gasteiger partial charge in [-0.15, -0.1) is 0 Å². The lowest BCUT2D eigenvalue weighted by Gasteiger charge is -2.77. The Morgan fingerprint density at radius 1 is 1.04 bits per heavy atom. The third-order valence-corrected chi connectivity index (χ3v) is 7.61. The van der Waals surface area contributed by atoms with Gasteiger partial charge in [-0.1, -0.05) is 49.3 Å². The SMILES string of the molecule is O=c1[nH]c2ccccc2n([C@H]2C[C@H]3N(C4C=CCCCCC4)[C@@H]4C=C[C@]243)c1=O. The number of aromatic amines is 1. The molecule has 6 rings (SSSR count).